The van der Waals surface area contributed by atoms with Crippen LogP contribution in [0.5, 0.6) is 5.88 Å². The van der Waals surface area contributed by atoms with Crippen molar-refractivity contribution in [1.29, 1.82) is 0 Å². The number of ether oxygens (including phenoxy) is 1. The molecule has 162 valence electrons. The summed E-state index contributed by atoms with van der Waals surface area (Å²) in [7, 11) is 0. The van der Waals surface area contributed by atoms with Gasteiger partial charge in [-0.3, -0.25) is 9.00 Å². The summed E-state index contributed by atoms with van der Waals surface area (Å²) in [6.07, 6.45) is 1.59. The third-order valence-corrected chi connectivity index (χ3v) is 5.03. The molecule has 0 radical (unpaired) electrons. The molecule has 8 nitrogen and oxygen atoms in total. The van der Waals surface area contributed by atoms with Crippen molar-refractivity contribution in [3.8, 4) is 11.6 Å². The van der Waals surface area contributed by atoms with Crippen LogP contribution in [-0.4, -0.2) is 30.8 Å². The molecule has 0 aliphatic rings. The van der Waals surface area contributed by atoms with Crippen molar-refractivity contribution in [2.45, 2.75) is 25.1 Å². The van der Waals surface area contributed by atoms with Crippen LogP contribution in [-0.2, 0) is 28.2 Å². The number of aldehydes is 1. The Kier molecular flexibility index (Phi) is 10.9. The molecular formula is C22H21KN2O6S. The summed E-state index contributed by atoms with van der Waals surface area (Å²) in [6, 6.07) is 17.6. The zero-order chi connectivity index (χ0) is 22.2. The monoisotopic (exact) mass is 480 g/mol. The molecule has 2 aromatic carbocycles. The summed E-state index contributed by atoms with van der Waals surface area (Å²) in [5.41, 5.74) is -0.160. The van der Waals surface area contributed by atoms with Gasteiger partial charge in [-0.05, 0) is 35.2 Å². The van der Waals surface area contributed by atoms with E-state index in [1.54, 1.807) is 30.3 Å². The molecule has 0 amide bonds. The fraction of sp³-hybridized carbons (Fsp3) is 0.227. The summed E-state index contributed by atoms with van der Waals surface area (Å²) in [4.78, 5) is 37.0. The molecule has 3 rings (SSSR count). The molecule has 0 bridgehead atoms. The van der Waals surface area contributed by atoms with E-state index in [0.717, 1.165) is 11.8 Å². The van der Waals surface area contributed by atoms with Crippen molar-refractivity contribution in [3.63, 3.8) is 0 Å². The van der Waals surface area contributed by atoms with Gasteiger partial charge in [-0.15, -0.1) is 0 Å². The van der Waals surface area contributed by atoms with Crippen LogP contribution in [0, 0.1) is 0 Å². The van der Waals surface area contributed by atoms with Crippen molar-refractivity contribution >= 4 is 17.4 Å². The fourth-order valence-corrected chi connectivity index (χ4v) is 3.58. The number of para-hydroxylation sites is 1. The molecule has 0 saturated carbocycles. The maximum Gasteiger partial charge on any atom is 1.00 e. The maximum atomic E-state index is 13.2. The largest absolute Gasteiger partial charge is 1.00 e. The minimum absolute atomic E-state index is 0. The summed E-state index contributed by atoms with van der Waals surface area (Å²) >= 11 is -2.65. The van der Waals surface area contributed by atoms with Crippen molar-refractivity contribution < 1.29 is 69.7 Å². The standard InChI is InChI=1S/C22H22N2O6S.K/c25-13-7-8-14-30-21-19(15-17-9-3-1-4-10-17)20(26)23(16-31(28)29)22(27)24(21)18-11-5-2-6-12-18;/h1-6,9-13H,7-8,14-16H2,(H,28,29);/q;+1/p-1. The minimum atomic E-state index is -2.65. The molecule has 1 aromatic heterocycles. The van der Waals surface area contributed by atoms with Crippen LogP contribution in [0.2, 0.25) is 0 Å². The zero-order valence-corrected chi connectivity index (χ0v) is 21.6. The second kappa shape index (κ2) is 13.1. The van der Waals surface area contributed by atoms with E-state index in [1.807, 2.05) is 30.3 Å². The smallest absolute Gasteiger partial charge is 0.771 e. The predicted octanol–water partition coefficient (Wildman–Crippen LogP) is -1.21. The molecule has 0 aliphatic carbocycles. The molecule has 10 heteroatoms. The van der Waals surface area contributed by atoms with Gasteiger partial charge in [-0.25, -0.2) is 13.9 Å². The zero-order valence-electron chi connectivity index (χ0n) is 17.6. The number of nitrogens with zero attached hydrogens (tertiary/aromatic N) is 2. The Morgan fingerprint density at radius 3 is 2.22 bits per heavy atom. The quantitative estimate of drug-likeness (QED) is 0.156. The Hall–Kier alpha value is -1.66. The van der Waals surface area contributed by atoms with Crippen LogP contribution in [0.15, 0.2) is 70.3 Å². The van der Waals surface area contributed by atoms with Gasteiger partial charge < -0.3 is 14.1 Å². The Bertz CT molecular complexity index is 1180. The van der Waals surface area contributed by atoms with Gasteiger partial charge >= 0.3 is 57.1 Å². The van der Waals surface area contributed by atoms with Crippen LogP contribution >= 0.6 is 0 Å². The van der Waals surface area contributed by atoms with Crippen LogP contribution in [0.4, 0.5) is 0 Å². The van der Waals surface area contributed by atoms with E-state index in [2.05, 4.69) is 0 Å². The Morgan fingerprint density at radius 1 is 1.00 bits per heavy atom. The van der Waals surface area contributed by atoms with Crippen molar-refractivity contribution in [2.75, 3.05) is 6.61 Å². The van der Waals surface area contributed by atoms with E-state index in [-0.39, 0.29) is 82.3 Å². The van der Waals surface area contributed by atoms with Crippen LogP contribution in [0.1, 0.15) is 24.0 Å². The maximum absolute atomic E-state index is 13.2. The summed E-state index contributed by atoms with van der Waals surface area (Å²) in [5.74, 6) is -0.721. The number of carbonyl (C=O) groups excluding carboxylic acids is 1. The normalized spacial score (nSPS) is 11.4. The van der Waals surface area contributed by atoms with E-state index in [1.165, 1.54) is 4.57 Å². The van der Waals surface area contributed by atoms with Gasteiger partial charge in [0.05, 0.1) is 23.7 Å². The van der Waals surface area contributed by atoms with Crippen molar-refractivity contribution in [2.24, 2.45) is 0 Å². The molecule has 1 unspecified atom stereocenters. The van der Waals surface area contributed by atoms with Gasteiger partial charge in [-0.1, -0.05) is 48.5 Å². The van der Waals surface area contributed by atoms with E-state index >= 15 is 0 Å². The van der Waals surface area contributed by atoms with E-state index < -0.39 is 28.2 Å². The summed E-state index contributed by atoms with van der Waals surface area (Å²) < 4.78 is 30.4. The van der Waals surface area contributed by atoms with Crippen LogP contribution in [0.25, 0.3) is 5.69 Å². The molecule has 0 N–H and O–H groups in total. The van der Waals surface area contributed by atoms with E-state index in [9.17, 15) is 23.1 Å². The average molecular weight is 481 g/mol. The van der Waals surface area contributed by atoms with Gasteiger partial charge in [0, 0.05) is 12.8 Å². The molecule has 0 fully saturated rings. The molecule has 0 saturated heterocycles. The van der Waals surface area contributed by atoms with Gasteiger partial charge in [0.25, 0.3) is 5.56 Å². The van der Waals surface area contributed by atoms with Crippen LogP contribution in [0.3, 0.4) is 0 Å². The molecule has 32 heavy (non-hydrogen) atoms. The number of rotatable bonds is 10. The number of aromatic nitrogens is 2. The van der Waals surface area contributed by atoms with Crippen LogP contribution < -0.4 is 67.4 Å². The topological polar surface area (TPSA) is 110 Å². The molecular weight excluding hydrogens is 459 g/mol. The Labute approximate surface area is 229 Å². The van der Waals surface area contributed by atoms with Gasteiger partial charge in [-0.2, -0.15) is 0 Å². The first-order valence-corrected chi connectivity index (χ1v) is 10.9. The Morgan fingerprint density at radius 2 is 1.62 bits per heavy atom. The third-order valence-electron chi connectivity index (χ3n) is 4.56. The van der Waals surface area contributed by atoms with E-state index in [4.69, 9.17) is 4.74 Å². The first-order chi connectivity index (χ1) is 15.0. The molecule has 1 heterocycles. The Balaban J connectivity index is 0.00000363. The average Bonchev–Trinajstić information content (AvgIpc) is 2.78. The fourth-order valence-electron chi connectivity index (χ4n) is 3.15. The summed E-state index contributed by atoms with van der Waals surface area (Å²) in [5, 5.41) is 0. The summed E-state index contributed by atoms with van der Waals surface area (Å²) in [6.45, 7) is 0.115. The molecule has 1 atom stereocenters. The molecule has 0 spiro atoms. The first-order valence-electron chi connectivity index (χ1n) is 9.63. The molecule has 3 aromatic rings. The van der Waals surface area contributed by atoms with E-state index in [0.29, 0.717) is 16.7 Å². The van der Waals surface area contributed by atoms with Gasteiger partial charge in [0.2, 0.25) is 5.88 Å². The van der Waals surface area contributed by atoms with Crippen molar-refractivity contribution in [3.05, 3.63) is 92.6 Å². The van der Waals surface area contributed by atoms with Gasteiger partial charge in [0.15, 0.2) is 0 Å². The number of unbranched alkanes of at least 4 members (excludes halogenated alkanes) is 1. The SMILES string of the molecule is O=CCCCOc1c(Cc2ccccc2)c(=O)n(CS(=O)[O-])c(=O)n1-c1ccccc1.[K+]. The third kappa shape index (κ3) is 6.67. The number of hydrogen-bond donors (Lipinski definition) is 0. The van der Waals surface area contributed by atoms with Crippen molar-refractivity contribution in [1.82, 2.24) is 9.13 Å². The number of benzene rings is 2. The minimum Gasteiger partial charge on any atom is -0.771 e. The number of hydrogen-bond acceptors (Lipinski definition) is 6. The molecule has 0 aliphatic heterocycles. The second-order valence-corrected chi connectivity index (χ2v) is 7.59. The second-order valence-electron chi connectivity index (χ2n) is 6.72. The number of carbonyl (C=O) groups is 1. The van der Waals surface area contributed by atoms with Gasteiger partial charge in [0.1, 0.15) is 6.29 Å². The first kappa shape index (κ1) is 26.6. The predicted molar refractivity (Wildman–Crippen MR) is 115 cm³/mol.